The summed E-state index contributed by atoms with van der Waals surface area (Å²) < 4.78 is 4.71. The van der Waals surface area contributed by atoms with Crippen molar-refractivity contribution < 1.29 is 0 Å². The smallest absolute Gasteiger partial charge is 0.165 e. The second-order valence-electron chi connectivity index (χ2n) is 16.3. The molecule has 0 aliphatic heterocycles. The van der Waals surface area contributed by atoms with E-state index in [0.717, 1.165) is 66.8 Å². The monoisotopic (exact) mass is 802 g/mol. The molecule has 11 aromatic rings. The number of benzene rings is 7. The van der Waals surface area contributed by atoms with Crippen molar-refractivity contribution in [2.45, 2.75) is 41.5 Å². The summed E-state index contributed by atoms with van der Waals surface area (Å²) in [6.45, 7) is 12.0. The van der Waals surface area contributed by atoms with Crippen molar-refractivity contribution in [1.29, 1.82) is 0 Å². The lowest BCUT2D eigenvalue weighted by Gasteiger charge is -2.17. The largest absolute Gasteiger partial charge is 0.309 e. The quantitative estimate of drug-likeness (QED) is 0.166. The van der Waals surface area contributed by atoms with Crippen LogP contribution in [0, 0.1) is 41.5 Å². The van der Waals surface area contributed by atoms with E-state index in [1.54, 1.807) is 0 Å². The van der Waals surface area contributed by atoms with Gasteiger partial charge in [-0.3, -0.25) is 0 Å². The van der Waals surface area contributed by atoms with Crippen LogP contribution in [0.25, 0.3) is 100 Å². The van der Waals surface area contributed by atoms with Crippen LogP contribution in [0.2, 0.25) is 0 Å². The van der Waals surface area contributed by atoms with Crippen molar-refractivity contribution in [1.82, 2.24) is 39.0 Å². The number of aromatic nitrogens is 8. The Morgan fingerprint density at radius 1 is 0.306 bits per heavy atom. The molecule has 4 aromatic heterocycles. The summed E-state index contributed by atoms with van der Waals surface area (Å²) in [4.78, 5) is 28.6. The van der Waals surface area contributed by atoms with E-state index in [1.807, 2.05) is 27.7 Å². The van der Waals surface area contributed by atoms with Crippen LogP contribution in [0.5, 0.6) is 0 Å². The number of rotatable bonds is 6. The van der Waals surface area contributed by atoms with E-state index in [2.05, 4.69) is 179 Å². The van der Waals surface area contributed by atoms with Gasteiger partial charge >= 0.3 is 0 Å². The van der Waals surface area contributed by atoms with Crippen LogP contribution in [0.4, 0.5) is 0 Å². The molecule has 0 fully saturated rings. The summed E-state index contributed by atoms with van der Waals surface area (Å²) in [6, 6.07) is 52.7. The minimum Gasteiger partial charge on any atom is -0.309 e. The Kier molecular flexibility index (Phi) is 8.65. The maximum absolute atomic E-state index is 4.92. The molecule has 0 spiro atoms. The summed E-state index contributed by atoms with van der Waals surface area (Å²) in [5, 5.41) is 4.83. The van der Waals surface area contributed by atoms with Gasteiger partial charge in [0.2, 0.25) is 0 Å². The van der Waals surface area contributed by atoms with Crippen LogP contribution in [0.3, 0.4) is 0 Å². The number of aryl methyl sites for hydroxylation is 6. The third-order valence-electron chi connectivity index (χ3n) is 11.9. The highest BCUT2D eigenvalue weighted by molar-refractivity contribution is 6.11. The Morgan fingerprint density at radius 2 is 0.758 bits per heavy atom. The molecular weight excluding hydrogens is 761 g/mol. The van der Waals surface area contributed by atoms with Crippen LogP contribution in [-0.4, -0.2) is 39.0 Å². The maximum atomic E-state index is 4.92. The van der Waals surface area contributed by atoms with Gasteiger partial charge in [-0.2, -0.15) is 0 Å². The van der Waals surface area contributed by atoms with E-state index in [-0.39, 0.29) is 0 Å². The van der Waals surface area contributed by atoms with Crippen LogP contribution in [0.15, 0.2) is 146 Å². The first kappa shape index (κ1) is 37.2. The third-order valence-corrected chi connectivity index (χ3v) is 11.9. The molecule has 62 heavy (non-hydrogen) atoms. The molecule has 298 valence electrons. The van der Waals surface area contributed by atoms with Gasteiger partial charge in [0, 0.05) is 32.7 Å². The highest BCUT2D eigenvalue weighted by Gasteiger charge is 2.21. The zero-order chi connectivity index (χ0) is 42.2. The normalized spacial score (nSPS) is 11.7. The van der Waals surface area contributed by atoms with E-state index >= 15 is 0 Å². The van der Waals surface area contributed by atoms with Gasteiger partial charge in [-0.15, -0.1) is 0 Å². The van der Waals surface area contributed by atoms with Crippen LogP contribution in [-0.2, 0) is 0 Å². The van der Waals surface area contributed by atoms with Crippen molar-refractivity contribution in [3.8, 4) is 56.4 Å². The summed E-state index contributed by atoms with van der Waals surface area (Å²) >= 11 is 0. The average molecular weight is 803 g/mol. The Balaban J connectivity index is 1.10. The van der Waals surface area contributed by atoms with Crippen LogP contribution in [0.1, 0.15) is 34.4 Å². The fraction of sp³-hybridized carbons (Fsp3) is 0.111. The number of fused-ring (bicyclic) bond motifs is 6. The molecular formula is C54H42N8. The predicted octanol–water partition coefficient (Wildman–Crippen LogP) is 12.8. The molecule has 0 unspecified atom stereocenters. The van der Waals surface area contributed by atoms with Crippen molar-refractivity contribution in [2.24, 2.45) is 0 Å². The minimum absolute atomic E-state index is 0.645. The highest BCUT2D eigenvalue weighted by Crippen LogP contribution is 2.41. The van der Waals surface area contributed by atoms with Gasteiger partial charge in [0.05, 0.1) is 33.4 Å². The van der Waals surface area contributed by atoms with E-state index < -0.39 is 0 Å². The van der Waals surface area contributed by atoms with Crippen molar-refractivity contribution in [2.75, 3.05) is 0 Å². The van der Waals surface area contributed by atoms with E-state index in [1.165, 1.54) is 32.7 Å². The van der Waals surface area contributed by atoms with Crippen LogP contribution >= 0.6 is 0 Å². The number of hydrogen-bond donors (Lipinski definition) is 0. The second-order valence-corrected chi connectivity index (χ2v) is 16.3. The van der Waals surface area contributed by atoms with Gasteiger partial charge in [0.25, 0.3) is 0 Å². The molecule has 0 aliphatic carbocycles. The second kappa shape index (κ2) is 14.4. The molecule has 0 saturated heterocycles. The Bertz CT molecular complexity index is 3570. The van der Waals surface area contributed by atoms with E-state index in [9.17, 15) is 0 Å². The Morgan fingerprint density at radius 3 is 1.32 bits per heavy atom. The molecule has 0 saturated carbocycles. The van der Waals surface area contributed by atoms with E-state index in [4.69, 9.17) is 19.9 Å². The lowest BCUT2D eigenvalue weighted by molar-refractivity contribution is 0.926. The van der Waals surface area contributed by atoms with Gasteiger partial charge in [-0.1, -0.05) is 90.0 Å². The number of hydrogen-bond acceptors (Lipinski definition) is 6. The number of para-hydroxylation sites is 2. The molecule has 0 radical (unpaired) electrons. The molecule has 11 rings (SSSR count). The summed E-state index contributed by atoms with van der Waals surface area (Å²) in [7, 11) is 0. The van der Waals surface area contributed by atoms with Gasteiger partial charge in [0.15, 0.2) is 11.6 Å². The van der Waals surface area contributed by atoms with Gasteiger partial charge in [-0.25, -0.2) is 29.9 Å². The van der Waals surface area contributed by atoms with Crippen molar-refractivity contribution in [3.05, 3.63) is 180 Å². The molecule has 0 bridgehead atoms. The highest BCUT2D eigenvalue weighted by atomic mass is 15.1. The Labute approximate surface area is 359 Å². The predicted molar refractivity (Wildman–Crippen MR) is 252 cm³/mol. The summed E-state index contributed by atoms with van der Waals surface area (Å²) in [6.07, 6.45) is 0. The fourth-order valence-corrected chi connectivity index (χ4v) is 9.22. The third kappa shape index (κ3) is 6.22. The standard InChI is InChI=1S/C54H42N8/c1-31-18-23-49-44(26-31)41-14-7-9-16-47(41)61(49)51-25-21-39(29-46(51)54-59-35(5)56-36(6)60-54)37-12-11-13-38(28-37)40-20-22-43(53-57-33(3)55-34(4)58-53)52(30-40)62-48-17-10-8-15-42(48)45-27-32(2)19-24-50(45)62/h7-30H,1-6H3. The van der Waals surface area contributed by atoms with E-state index in [0.29, 0.717) is 34.9 Å². The minimum atomic E-state index is 0.645. The summed E-state index contributed by atoms with van der Waals surface area (Å²) in [5.41, 5.74) is 15.1. The van der Waals surface area contributed by atoms with Crippen LogP contribution < -0.4 is 0 Å². The lowest BCUT2D eigenvalue weighted by atomic mass is 9.96. The maximum Gasteiger partial charge on any atom is 0.165 e. The zero-order valence-electron chi connectivity index (χ0n) is 35.4. The molecule has 0 atom stereocenters. The first-order chi connectivity index (χ1) is 30.2. The molecule has 0 N–H and O–H groups in total. The average Bonchev–Trinajstić information content (AvgIpc) is 3.77. The summed E-state index contributed by atoms with van der Waals surface area (Å²) in [5.74, 6) is 4.04. The van der Waals surface area contributed by atoms with Crippen molar-refractivity contribution >= 4 is 43.6 Å². The number of nitrogens with zero attached hydrogens (tertiary/aromatic N) is 8. The van der Waals surface area contributed by atoms with Gasteiger partial charge in [0.1, 0.15) is 23.3 Å². The van der Waals surface area contributed by atoms with Gasteiger partial charge in [-0.05, 0) is 131 Å². The topological polar surface area (TPSA) is 87.2 Å². The fourth-order valence-electron chi connectivity index (χ4n) is 9.22. The molecule has 0 aliphatic rings. The first-order valence-electron chi connectivity index (χ1n) is 21.0. The van der Waals surface area contributed by atoms with Crippen molar-refractivity contribution in [3.63, 3.8) is 0 Å². The molecule has 0 amide bonds. The van der Waals surface area contributed by atoms with Gasteiger partial charge < -0.3 is 9.13 Å². The lowest BCUT2D eigenvalue weighted by Crippen LogP contribution is -2.04. The zero-order valence-corrected chi connectivity index (χ0v) is 35.4. The first-order valence-corrected chi connectivity index (χ1v) is 21.0. The molecule has 4 heterocycles. The Hall–Kier alpha value is -7.84. The molecule has 8 nitrogen and oxygen atoms in total. The SMILES string of the molecule is Cc1ccc2c(c1)c1ccccc1n2-c1ccc(-c2cccc(-c3ccc(-c4nc(C)nc(C)n4)c(-n4c5ccccc5c5cc(C)ccc54)c3)c2)cc1-c1nc(C)nc(C)n1. The molecule has 7 aromatic carbocycles. The molecule has 8 heteroatoms.